The first kappa shape index (κ1) is 18.7. The number of likely N-dealkylation sites (tertiary alicyclic amines) is 1. The number of aromatic nitrogens is 3. The Hall–Kier alpha value is -2.06. The number of ether oxygens (including phenoxy) is 1. The quantitative estimate of drug-likeness (QED) is 0.591. The lowest BCUT2D eigenvalue weighted by atomic mass is 9.99. The maximum Gasteiger partial charge on any atom is 0.310 e. The number of rotatable bonds is 5. The van der Waals surface area contributed by atoms with Crippen LogP contribution in [0.3, 0.4) is 0 Å². The first-order chi connectivity index (χ1) is 12.5. The number of esters is 1. The molecule has 140 valence electrons. The first-order valence-electron chi connectivity index (χ1n) is 8.79. The van der Waals surface area contributed by atoms with Crippen LogP contribution in [0.2, 0.25) is 0 Å². The van der Waals surface area contributed by atoms with Gasteiger partial charge < -0.3 is 9.30 Å². The Morgan fingerprint density at radius 1 is 1.42 bits per heavy atom. The van der Waals surface area contributed by atoms with E-state index >= 15 is 0 Å². The molecule has 0 saturated carbocycles. The fourth-order valence-electron chi connectivity index (χ4n) is 3.28. The summed E-state index contributed by atoms with van der Waals surface area (Å²) in [6.07, 6.45) is 1.76. The second kappa shape index (κ2) is 8.09. The standard InChI is InChI=1S/C18H23FN4O2S/c1-3-25-17(24)13-7-6-10-22(11-13)12-23-18(26)21(2)16(20-23)14-8-4-5-9-15(14)19/h4-5,8-9,13H,3,6-7,10-12H2,1-2H3. The van der Waals surface area contributed by atoms with Gasteiger partial charge in [-0.25, -0.2) is 9.07 Å². The van der Waals surface area contributed by atoms with Crippen LogP contribution in [0.25, 0.3) is 11.4 Å². The lowest BCUT2D eigenvalue weighted by Crippen LogP contribution is -2.40. The van der Waals surface area contributed by atoms with Gasteiger partial charge in [0.2, 0.25) is 0 Å². The molecule has 26 heavy (non-hydrogen) atoms. The van der Waals surface area contributed by atoms with Crippen LogP contribution < -0.4 is 0 Å². The zero-order valence-corrected chi connectivity index (χ0v) is 15.8. The Labute approximate surface area is 157 Å². The predicted molar refractivity (Wildman–Crippen MR) is 98.4 cm³/mol. The highest BCUT2D eigenvalue weighted by Gasteiger charge is 2.27. The van der Waals surface area contributed by atoms with Gasteiger partial charge in [0.15, 0.2) is 10.6 Å². The number of hydrogen-bond donors (Lipinski definition) is 0. The Bertz CT molecular complexity index is 848. The van der Waals surface area contributed by atoms with E-state index in [1.54, 1.807) is 34.5 Å². The maximum absolute atomic E-state index is 14.1. The van der Waals surface area contributed by atoms with Crippen LogP contribution in [0.5, 0.6) is 0 Å². The molecule has 6 nitrogen and oxygen atoms in total. The fourth-order valence-corrected chi connectivity index (χ4v) is 3.47. The van der Waals surface area contributed by atoms with E-state index in [0.717, 1.165) is 19.4 Å². The van der Waals surface area contributed by atoms with Crippen molar-refractivity contribution in [1.82, 2.24) is 19.2 Å². The van der Waals surface area contributed by atoms with E-state index in [0.29, 0.717) is 36.0 Å². The molecule has 3 rings (SSSR count). The number of hydrogen-bond acceptors (Lipinski definition) is 5. The Morgan fingerprint density at radius 2 is 2.19 bits per heavy atom. The van der Waals surface area contributed by atoms with Crippen LogP contribution >= 0.6 is 12.2 Å². The molecule has 8 heteroatoms. The van der Waals surface area contributed by atoms with Gasteiger partial charge in [0.25, 0.3) is 0 Å². The van der Waals surface area contributed by atoms with Gasteiger partial charge in [-0.1, -0.05) is 12.1 Å². The van der Waals surface area contributed by atoms with Crippen molar-refractivity contribution >= 4 is 18.2 Å². The molecule has 2 aromatic rings. The van der Waals surface area contributed by atoms with Crippen molar-refractivity contribution in [3.63, 3.8) is 0 Å². The monoisotopic (exact) mass is 378 g/mol. The van der Waals surface area contributed by atoms with E-state index in [2.05, 4.69) is 10.00 Å². The average molecular weight is 378 g/mol. The van der Waals surface area contributed by atoms with E-state index in [1.165, 1.54) is 6.07 Å². The average Bonchev–Trinajstić information content (AvgIpc) is 2.91. The molecule has 2 heterocycles. The summed E-state index contributed by atoms with van der Waals surface area (Å²) in [6.45, 7) is 4.16. The molecule has 1 aliphatic rings. The second-order valence-corrected chi connectivity index (χ2v) is 6.82. The van der Waals surface area contributed by atoms with Crippen molar-refractivity contribution in [2.24, 2.45) is 13.0 Å². The van der Waals surface area contributed by atoms with Gasteiger partial charge in [-0.15, -0.1) is 0 Å². The summed E-state index contributed by atoms with van der Waals surface area (Å²) in [6, 6.07) is 6.52. The summed E-state index contributed by atoms with van der Waals surface area (Å²) >= 11 is 5.47. The minimum absolute atomic E-state index is 0.118. The van der Waals surface area contributed by atoms with E-state index in [9.17, 15) is 9.18 Å². The minimum Gasteiger partial charge on any atom is -0.466 e. The van der Waals surface area contributed by atoms with E-state index in [1.807, 2.05) is 6.92 Å². The molecule has 1 aliphatic heterocycles. The molecule has 1 atom stereocenters. The van der Waals surface area contributed by atoms with Crippen LogP contribution in [0.1, 0.15) is 19.8 Å². The van der Waals surface area contributed by atoms with Crippen LogP contribution in [0.4, 0.5) is 4.39 Å². The third-order valence-electron chi connectivity index (χ3n) is 4.62. The van der Waals surface area contributed by atoms with Crippen LogP contribution in [-0.2, 0) is 23.2 Å². The topological polar surface area (TPSA) is 52.3 Å². The molecule has 0 aliphatic carbocycles. The zero-order chi connectivity index (χ0) is 18.7. The number of piperidine rings is 1. The van der Waals surface area contributed by atoms with Gasteiger partial charge in [0.1, 0.15) is 5.82 Å². The second-order valence-electron chi connectivity index (χ2n) is 6.45. The van der Waals surface area contributed by atoms with Crippen molar-refractivity contribution in [3.8, 4) is 11.4 Å². The lowest BCUT2D eigenvalue weighted by Gasteiger charge is -2.31. The van der Waals surface area contributed by atoms with Crippen molar-refractivity contribution in [1.29, 1.82) is 0 Å². The lowest BCUT2D eigenvalue weighted by molar-refractivity contribution is -0.150. The Morgan fingerprint density at radius 3 is 2.92 bits per heavy atom. The highest BCUT2D eigenvalue weighted by Crippen LogP contribution is 2.22. The van der Waals surface area contributed by atoms with Gasteiger partial charge in [0.05, 0.1) is 24.8 Å². The number of benzene rings is 1. The molecular weight excluding hydrogens is 355 g/mol. The van der Waals surface area contributed by atoms with Crippen LogP contribution in [-0.4, -0.2) is 44.9 Å². The normalized spacial score (nSPS) is 18.0. The Kier molecular flexibility index (Phi) is 5.83. The SMILES string of the molecule is CCOC(=O)C1CCCN(Cn2nc(-c3ccccc3F)n(C)c2=S)C1. The molecule has 1 aromatic carbocycles. The van der Waals surface area contributed by atoms with Crippen molar-refractivity contribution in [3.05, 3.63) is 34.9 Å². The largest absolute Gasteiger partial charge is 0.466 e. The molecule has 1 fully saturated rings. The predicted octanol–water partition coefficient (Wildman–Crippen LogP) is 2.99. The maximum atomic E-state index is 14.1. The summed E-state index contributed by atoms with van der Waals surface area (Å²) in [5.41, 5.74) is 0.419. The number of nitrogens with zero attached hydrogens (tertiary/aromatic N) is 4. The zero-order valence-electron chi connectivity index (χ0n) is 15.0. The van der Waals surface area contributed by atoms with Gasteiger partial charge in [-0.2, -0.15) is 5.10 Å². The summed E-state index contributed by atoms with van der Waals surface area (Å²) in [5.74, 6) is -0.100. The molecular formula is C18H23FN4O2S. The molecule has 0 amide bonds. The van der Waals surface area contributed by atoms with E-state index in [-0.39, 0.29) is 17.7 Å². The van der Waals surface area contributed by atoms with Gasteiger partial charge in [-0.3, -0.25) is 9.69 Å². The summed E-state index contributed by atoms with van der Waals surface area (Å²) < 4.78 is 23.2. The van der Waals surface area contributed by atoms with Gasteiger partial charge in [0, 0.05) is 13.6 Å². The fraction of sp³-hybridized carbons (Fsp3) is 0.500. The van der Waals surface area contributed by atoms with E-state index < -0.39 is 0 Å². The first-order valence-corrected chi connectivity index (χ1v) is 9.19. The molecule has 1 unspecified atom stereocenters. The van der Waals surface area contributed by atoms with Crippen LogP contribution in [0, 0.1) is 16.5 Å². The van der Waals surface area contributed by atoms with Crippen molar-refractivity contribution in [2.75, 3.05) is 19.7 Å². The molecule has 0 bridgehead atoms. The third kappa shape index (κ3) is 3.86. The highest BCUT2D eigenvalue weighted by atomic mass is 32.1. The smallest absolute Gasteiger partial charge is 0.310 e. The molecule has 0 N–H and O–H groups in total. The molecule has 0 spiro atoms. The van der Waals surface area contributed by atoms with E-state index in [4.69, 9.17) is 17.0 Å². The molecule has 0 radical (unpaired) electrons. The highest BCUT2D eigenvalue weighted by molar-refractivity contribution is 7.71. The molecule has 1 saturated heterocycles. The van der Waals surface area contributed by atoms with Gasteiger partial charge >= 0.3 is 5.97 Å². The molecule has 1 aromatic heterocycles. The number of carbonyl (C=O) groups excluding carboxylic acids is 1. The summed E-state index contributed by atoms with van der Waals surface area (Å²) in [5, 5.41) is 4.52. The number of halogens is 1. The van der Waals surface area contributed by atoms with Crippen molar-refractivity contribution < 1.29 is 13.9 Å². The summed E-state index contributed by atoms with van der Waals surface area (Å²) in [7, 11) is 1.78. The third-order valence-corrected chi connectivity index (χ3v) is 5.10. The summed E-state index contributed by atoms with van der Waals surface area (Å²) in [4.78, 5) is 14.1. The van der Waals surface area contributed by atoms with Gasteiger partial charge in [-0.05, 0) is 50.7 Å². The minimum atomic E-state index is -0.330. The van der Waals surface area contributed by atoms with Crippen molar-refractivity contribution in [2.45, 2.75) is 26.4 Å². The van der Waals surface area contributed by atoms with Crippen LogP contribution in [0.15, 0.2) is 24.3 Å². The number of carbonyl (C=O) groups is 1. The Balaban J connectivity index is 1.79.